The van der Waals surface area contributed by atoms with Gasteiger partial charge in [-0.2, -0.15) is 12.2 Å². The Morgan fingerprint density at radius 3 is 1.14 bits per heavy atom. The van der Waals surface area contributed by atoms with Crippen molar-refractivity contribution in [2.75, 3.05) is 0 Å². The fraction of sp³-hybridized carbons (Fsp3) is 0.600. The monoisotopic (exact) mass is 391 g/mol. The van der Waals surface area contributed by atoms with E-state index in [0.29, 0.717) is 10.8 Å². The van der Waals surface area contributed by atoms with Gasteiger partial charge in [-0.3, -0.25) is 12.2 Å². The Balaban J connectivity index is 0. The van der Waals surface area contributed by atoms with Gasteiger partial charge >= 0.3 is 26.2 Å². The fourth-order valence-electron chi connectivity index (χ4n) is 1.84. The first kappa shape index (κ1) is 24.3. The summed E-state index contributed by atoms with van der Waals surface area (Å²) in [5, 5.41) is 0. The molecule has 121 valence electrons. The van der Waals surface area contributed by atoms with E-state index in [1.54, 1.807) is 0 Å². The van der Waals surface area contributed by atoms with Crippen molar-refractivity contribution >= 4 is 9.52 Å². The third-order valence-corrected chi connectivity index (χ3v) is 3.01. The van der Waals surface area contributed by atoms with E-state index in [2.05, 4.69) is 91.1 Å². The van der Waals surface area contributed by atoms with Crippen molar-refractivity contribution in [2.24, 2.45) is 10.8 Å². The molecule has 0 nitrogen and oxygen atoms in total. The summed E-state index contributed by atoms with van der Waals surface area (Å²) in [5.74, 6) is 0. The van der Waals surface area contributed by atoms with Crippen LogP contribution in [0.2, 0.25) is 13.1 Å². The summed E-state index contributed by atoms with van der Waals surface area (Å²) in [5.41, 5.74) is 3.30. The van der Waals surface area contributed by atoms with Gasteiger partial charge in [0.1, 0.15) is 0 Å². The maximum atomic E-state index is 3.30. The van der Waals surface area contributed by atoms with Crippen LogP contribution >= 0.6 is 0 Å². The predicted molar refractivity (Wildman–Crippen MR) is 98.8 cm³/mol. The van der Waals surface area contributed by atoms with Crippen molar-refractivity contribution in [1.82, 2.24) is 0 Å². The van der Waals surface area contributed by atoms with Gasteiger partial charge in [-0.1, -0.05) is 54.6 Å². The molecule has 0 saturated heterocycles. The van der Waals surface area contributed by atoms with Gasteiger partial charge in [-0.05, 0) is 10.8 Å². The number of hydrogen-bond donors (Lipinski definition) is 0. The number of allylic oxidation sites excluding steroid dienone is 8. The van der Waals surface area contributed by atoms with Crippen LogP contribution < -0.4 is 0 Å². The first-order valence-corrected chi connectivity index (χ1v) is 10.2. The Morgan fingerprint density at radius 1 is 0.773 bits per heavy atom. The molecule has 0 bridgehead atoms. The Bertz CT molecular complexity index is 372. The topological polar surface area (TPSA) is 0 Å². The first-order chi connectivity index (χ1) is 9.62. The van der Waals surface area contributed by atoms with E-state index < -0.39 is 0 Å². The molecule has 0 unspecified atom stereocenters. The van der Waals surface area contributed by atoms with Crippen molar-refractivity contribution in [3.05, 3.63) is 47.6 Å². The largest absolute Gasteiger partial charge is 2.00 e. The van der Waals surface area contributed by atoms with Crippen LogP contribution in [0.25, 0.3) is 0 Å². The molecular weight excluding hydrogens is 360 g/mol. The molecule has 0 spiro atoms. The molecule has 0 atom stereocenters. The molecule has 0 amide bonds. The standard InChI is InChI=1S/2C9H13.C2H7Si.Zr/c2*1-9(2,3)8-6-4-5-7-8;1-3-2;/h2*4,6H,5H2,1-3H3;3H,1-2H3;/q2*-1;;+2. The Labute approximate surface area is 161 Å². The minimum atomic E-state index is 0. The summed E-state index contributed by atoms with van der Waals surface area (Å²) < 4.78 is 0. The zero-order valence-electron chi connectivity index (χ0n) is 15.8. The minimum absolute atomic E-state index is 0. The molecule has 0 heterocycles. The fourth-order valence-corrected chi connectivity index (χ4v) is 1.84. The SMILES string of the molecule is CC(C)(C)C1=[C-]CC=C1.CC(C)(C)C1=[C-]CC=C1.C[SiH]C.[Zr+2]. The molecule has 2 aliphatic carbocycles. The third kappa shape index (κ3) is 10.7. The molecule has 0 aromatic heterocycles. The Morgan fingerprint density at radius 2 is 1.05 bits per heavy atom. The molecule has 2 heteroatoms. The minimum Gasteiger partial charge on any atom is -0.269 e. The van der Waals surface area contributed by atoms with Crippen LogP contribution in [0.15, 0.2) is 35.5 Å². The van der Waals surface area contributed by atoms with Gasteiger partial charge in [-0.25, -0.2) is 23.3 Å². The van der Waals surface area contributed by atoms with Crippen LogP contribution in [0.4, 0.5) is 0 Å². The third-order valence-electron chi connectivity index (χ3n) is 3.01. The van der Waals surface area contributed by atoms with Crippen LogP contribution in [0.1, 0.15) is 54.4 Å². The molecular formula is C20H33SiZr. The molecule has 0 fully saturated rings. The van der Waals surface area contributed by atoms with Crippen molar-refractivity contribution in [1.29, 1.82) is 0 Å². The van der Waals surface area contributed by atoms with Gasteiger partial charge in [0.25, 0.3) is 0 Å². The van der Waals surface area contributed by atoms with E-state index in [9.17, 15) is 0 Å². The quantitative estimate of drug-likeness (QED) is 0.352. The average Bonchev–Trinajstić information content (AvgIpc) is 3.03. The molecule has 2 rings (SSSR count). The van der Waals surface area contributed by atoms with Crippen molar-refractivity contribution in [2.45, 2.75) is 67.5 Å². The van der Waals surface area contributed by atoms with E-state index in [4.69, 9.17) is 0 Å². The average molecular weight is 393 g/mol. The van der Waals surface area contributed by atoms with E-state index in [-0.39, 0.29) is 26.2 Å². The maximum Gasteiger partial charge on any atom is 2.00 e. The second-order valence-corrected chi connectivity index (χ2v) is 8.63. The zero-order valence-corrected chi connectivity index (χ0v) is 19.4. The summed E-state index contributed by atoms with van der Waals surface area (Å²) in [6.45, 7) is 17.7. The van der Waals surface area contributed by atoms with E-state index in [1.807, 2.05) is 0 Å². The summed E-state index contributed by atoms with van der Waals surface area (Å²) in [4.78, 5) is 0. The smallest absolute Gasteiger partial charge is 0.269 e. The van der Waals surface area contributed by atoms with Crippen LogP contribution in [0.5, 0.6) is 0 Å². The van der Waals surface area contributed by atoms with Gasteiger partial charge in [0.15, 0.2) is 0 Å². The van der Waals surface area contributed by atoms with Crippen LogP contribution in [0.3, 0.4) is 0 Å². The zero-order chi connectivity index (χ0) is 16.5. The van der Waals surface area contributed by atoms with E-state index >= 15 is 0 Å². The summed E-state index contributed by atoms with van der Waals surface area (Å²) in [6, 6.07) is 0. The van der Waals surface area contributed by atoms with E-state index in [0.717, 1.165) is 22.4 Å². The van der Waals surface area contributed by atoms with E-state index in [1.165, 1.54) is 11.1 Å². The van der Waals surface area contributed by atoms with Crippen molar-refractivity contribution in [3.8, 4) is 0 Å². The summed E-state index contributed by atoms with van der Waals surface area (Å²) >= 11 is 0. The van der Waals surface area contributed by atoms with Crippen LogP contribution in [-0.2, 0) is 26.2 Å². The molecule has 0 saturated carbocycles. The van der Waals surface area contributed by atoms with Gasteiger partial charge in [-0.15, -0.1) is 12.8 Å². The van der Waals surface area contributed by atoms with Gasteiger partial charge in [0.2, 0.25) is 0 Å². The van der Waals surface area contributed by atoms with Crippen LogP contribution in [0, 0.1) is 23.0 Å². The maximum absolute atomic E-state index is 3.30. The molecule has 0 aromatic carbocycles. The molecule has 0 aromatic rings. The number of hydrogen-bond acceptors (Lipinski definition) is 0. The molecule has 1 radical (unpaired) electrons. The second-order valence-electron chi connectivity index (χ2n) is 7.47. The van der Waals surface area contributed by atoms with Crippen molar-refractivity contribution < 1.29 is 26.2 Å². The summed E-state index contributed by atoms with van der Waals surface area (Å²) in [6.07, 6.45) is 17.3. The molecule has 0 N–H and O–H groups in total. The molecule has 0 aliphatic heterocycles. The summed E-state index contributed by atoms with van der Waals surface area (Å²) in [7, 11) is 0.750. The van der Waals surface area contributed by atoms with Gasteiger partial charge in [0, 0.05) is 9.52 Å². The predicted octanol–water partition coefficient (Wildman–Crippen LogP) is 5.96. The second kappa shape index (κ2) is 11.6. The molecule has 2 aliphatic rings. The Hall–Kier alpha value is 0.0600. The van der Waals surface area contributed by atoms with Crippen LogP contribution in [-0.4, -0.2) is 9.52 Å². The normalized spacial score (nSPS) is 15.8. The van der Waals surface area contributed by atoms with Gasteiger partial charge in [0.05, 0.1) is 0 Å². The van der Waals surface area contributed by atoms with Crippen molar-refractivity contribution in [3.63, 3.8) is 0 Å². The Kier molecular flexibility index (Phi) is 12.8. The number of rotatable bonds is 0. The van der Waals surface area contributed by atoms with Gasteiger partial charge < -0.3 is 0 Å². The first-order valence-electron chi connectivity index (χ1n) is 7.92. The molecule has 22 heavy (non-hydrogen) atoms.